The number of hydrogen-bond acceptors (Lipinski definition) is 5. The molecule has 0 N–H and O–H groups in total. The zero-order valence-electron chi connectivity index (χ0n) is 13.7. The second-order valence-electron chi connectivity index (χ2n) is 6.83. The van der Waals surface area contributed by atoms with Gasteiger partial charge in [0.25, 0.3) is 0 Å². The van der Waals surface area contributed by atoms with Crippen LogP contribution in [0.25, 0.3) is 11.0 Å². The largest absolute Gasteiger partial charge is 0.458 e. The van der Waals surface area contributed by atoms with Crippen molar-refractivity contribution in [3.05, 3.63) is 40.8 Å². The monoisotopic (exact) mass is 315 g/mol. The Hall–Kier alpha value is -2.30. The molecule has 1 fully saturated rings. The van der Waals surface area contributed by atoms with Crippen LogP contribution in [0, 0.1) is 0 Å². The van der Waals surface area contributed by atoms with Gasteiger partial charge >= 0.3 is 11.6 Å². The SMILES string of the molecule is CC(C)(C)OC(=O)[C@@H]1CCCN1c1cc(=O)oc2ccccc12. The standard InChI is InChI=1S/C18H21NO4/c1-18(2,3)23-17(21)13-8-6-10-19(13)14-11-16(20)22-15-9-5-4-7-12(14)15/h4-5,7,9,11,13H,6,8,10H2,1-3H3/t13-/m0/s1. The van der Waals surface area contributed by atoms with Crippen molar-refractivity contribution in [2.45, 2.75) is 45.3 Å². The van der Waals surface area contributed by atoms with Gasteiger partial charge in [-0.2, -0.15) is 0 Å². The van der Waals surface area contributed by atoms with Gasteiger partial charge in [-0.1, -0.05) is 12.1 Å². The lowest BCUT2D eigenvalue weighted by molar-refractivity contribution is -0.156. The molecular formula is C18H21NO4. The molecule has 0 bridgehead atoms. The number of hydrogen-bond donors (Lipinski definition) is 0. The highest BCUT2D eigenvalue weighted by atomic mass is 16.6. The molecule has 1 saturated heterocycles. The van der Waals surface area contributed by atoms with Gasteiger partial charge in [-0.15, -0.1) is 0 Å². The first-order valence-corrected chi connectivity index (χ1v) is 7.87. The molecule has 23 heavy (non-hydrogen) atoms. The van der Waals surface area contributed by atoms with Crippen molar-refractivity contribution in [1.29, 1.82) is 0 Å². The van der Waals surface area contributed by atoms with Gasteiger partial charge in [-0.3, -0.25) is 0 Å². The van der Waals surface area contributed by atoms with Crippen molar-refractivity contribution in [3.63, 3.8) is 0 Å². The predicted molar refractivity (Wildman–Crippen MR) is 88.7 cm³/mol. The summed E-state index contributed by atoms with van der Waals surface area (Å²) < 4.78 is 10.8. The van der Waals surface area contributed by atoms with Crippen LogP contribution in [0.1, 0.15) is 33.6 Å². The molecule has 1 aromatic heterocycles. The Morgan fingerprint density at radius 3 is 2.78 bits per heavy atom. The molecule has 1 aromatic carbocycles. The van der Waals surface area contributed by atoms with Crippen LogP contribution in [0.5, 0.6) is 0 Å². The molecule has 3 rings (SSSR count). The molecule has 0 unspecified atom stereocenters. The highest BCUT2D eigenvalue weighted by molar-refractivity contribution is 5.93. The van der Waals surface area contributed by atoms with Crippen LogP contribution in [0.4, 0.5) is 5.69 Å². The normalized spacial score (nSPS) is 18.4. The van der Waals surface area contributed by atoms with E-state index in [1.54, 1.807) is 6.07 Å². The fraction of sp³-hybridized carbons (Fsp3) is 0.444. The number of anilines is 1. The Labute approximate surface area is 134 Å². The summed E-state index contributed by atoms with van der Waals surface area (Å²) in [6.45, 7) is 6.29. The third-order valence-corrected chi connectivity index (χ3v) is 3.87. The number of benzene rings is 1. The molecule has 0 amide bonds. The average molecular weight is 315 g/mol. The minimum Gasteiger partial charge on any atom is -0.458 e. The van der Waals surface area contributed by atoms with Crippen LogP contribution in [0.3, 0.4) is 0 Å². The lowest BCUT2D eigenvalue weighted by Crippen LogP contribution is -2.40. The molecule has 2 heterocycles. The number of rotatable bonds is 2. The second-order valence-corrected chi connectivity index (χ2v) is 6.83. The van der Waals surface area contributed by atoms with Crippen molar-refractivity contribution in [2.24, 2.45) is 0 Å². The molecule has 122 valence electrons. The number of para-hydroxylation sites is 1. The Kier molecular flexibility index (Phi) is 3.88. The first kappa shape index (κ1) is 15.6. The summed E-state index contributed by atoms with van der Waals surface area (Å²) >= 11 is 0. The van der Waals surface area contributed by atoms with Gasteiger partial charge in [0.2, 0.25) is 0 Å². The lowest BCUT2D eigenvalue weighted by Gasteiger charge is -2.29. The third-order valence-electron chi connectivity index (χ3n) is 3.87. The van der Waals surface area contributed by atoms with Gasteiger partial charge in [0.1, 0.15) is 17.2 Å². The van der Waals surface area contributed by atoms with Crippen LogP contribution in [-0.4, -0.2) is 24.2 Å². The van der Waals surface area contributed by atoms with Crippen LogP contribution >= 0.6 is 0 Å². The predicted octanol–water partition coefficient (Wildman–Crippen LogP) is 3.10. The topological polar surface area (TPSA) is 59.8 Å². The van der Waals surface area contributed by atoms with Crippen molar-refractivity contribution in [3.8, 4) is 0 Å². The van der Waals surface area contributed by atoms with Gasteiger partial charge < -0.3 is 14.1 Å². The highest BCUT2D eigenvalue weighted by Gasteiger charge is 2.35. The van der Waals surface area contributed by atoms with E-state index >= 15 is 0 Å². The maximum Gasteiger partial charge on any atom is 0.338 e. The zero-order valence-corrected chi connectivity index (χ0v) is 13.7. The number of esters is 1. The molecule has 1 atom stereocenters. The number of carbonyl (C=O) groups is 1. The van der Waals surface area contributed by atoms with E-state index in [1.165, 1.54) is 6.07 Å². The van der Waals surface area contributed by atoms with Crippen LogP contribution in [0.15, 0.2) is 39.5 Å². The molecule has 0 aliphatic carbocycles. The molecule has 1 aliphatic rings. The Bertz CT molecular complexity index is 787. The average Bonchev–Trinajstić information content (AvgIpc) is 2.93. The molecule has 5 nitrogen and oxygen atoms in total. The van der Waals surface area contributed by atoms with E-state index in [0.29, 0.717) is 5.58 Å². The van der Waals surface area contributed by atoms with Crippen molar-refractivity contribution in [1.82, 2.24) is 0 Å². The van der Waals surface area contributed by atoms with Crippen LogP contribution in [0.2, 0.25) is 0 Å². The van der Waals surface area contributed by atoms with E-state index in [9.17, 15) is 9.59 Å². The van der Waals surface area contributed by atoms with Crippen LogP contribution in [-0.2, 0) is 9.53 Å². The van der Waals surface area contributed by atoms with E-state index in [2.05, 4.69) is 0 Å². The zero-order chi connectivity index (χ0) is 16.6. The van der Waals surface area contributed by atoms with Gasteiger partial charge in [-0.25, -0.2) is 9.59 Å². The van der Waals surface area contributed by atoms with Gasteiger partial charge in [0, 0.05) is 18.0 Å². The fourth-order valence-corrected chi connectivity index (χ4v) is 3.00. The van der Waals surface area contributed by atoms with Crippen LogP contribution < -0.4 is 10.5 Å². The molecule has 5 heteroatoms. The third kappa shape index (κ3) is 3.23. The smallest absolute Gasteiger partial charge is 0.338 e. The minimum atomic E-state index is -0.525. The molecule has 0 radical (unpaired) electrons. The Balaban J connectivity index is 2.00. The first-order valence-electron chi connectivity index (χ1n) is 7.87. The van der Waals surface area contributed by atoms with Crippen molar-refractivity contribution in [2.75, 3.05) is 11.4 Å². The first-order chi connectivity index (χ1) is 10.8. The Morgan fingerprint density at radius 2 is 2.04 bits per heavy atom. The van der Waals surface area contributed by atoms with E-state index < -0.39 is 11.2 Å². The number of nitrogens with zero attached hydrogens (tertiary/aromatic N) is 1. The second kappa shape index (κ2) is 5.72. The highest BCUT2D eigenvalue weighted by Crippen LogP contribution is 2.32. The number of ether oxygens (including phenoxy) is 1. The van der Waals surface area contributed by atoms with Gasteiger partial charge in [0.05, 0.1) is 5.69 Å². The van der Waals surface area contributed by atoms with E-state index in [0.717, 1.165) is 30.5 Å². The molecular weight excluding hydrogens is 294 g/mol. The fourth-order valence-electron chi connectivity index (χ4n) is 3.00. The molecule has 1 aliphatic heterocycles. The summed E-state index contributed by atoms with van der Waals surface area (Å²) in [5, 5.41) is 0.836. The number of fused-ring (bicyclic) bond motifs is 1. The summed E-state index contributed by atoms with van der Waals surface area (Å²) in [7, 11) is 0. The number of carbonyl (C=O) groups excluding carboxylic acids is 1. The molecule has 0 saturated carbocycles. The lowest BCUT2D eigenvalue weighted by atomic mass is 10.1. The van der Waals surface area contributed by atoms with E-state index in [1.807, 2.05) is 43.9 Å². The summed E-state index contributed by atoms with van der Waals surface area (Å²) in [5.41, 5.74) is 0.340. The van der Waals surface area contributed by atoms with Crippen molar-refractivity contribution >= 4 is 22.6 Å². The van der Waals surface area contributed by atoms with E-state index in [4.69, 9.17) is 9.15 Å². The molecule has 0 spiro atoms. The maximum atomic E-state index is 12.5. The summed E-state index contributed by atoms with van der Waals surface area (Å²) in [6.07, 6.45) is 1.61. The summed E-state index contributed by atoms with van der Waals surface area (Å²) in [4.78, 5) is 26.3. The molecule has 2 aromatic rings. The quantitative estimate of drug-likeness (QED) is 0.629. The maximum absolute atomic E-state index is 12.5. The van der Waals surface area contributed by atoms with E-state index in [-0.39, 0.29) is 12.0 Å². The van der Waals surface area contributed by atoms with Gasteiger partial charge in [0.15, 0.2) is 0 Å². The van der Waals surface area contributed by atoms with Crippen molar-refractivity contribution < 1.29 is 13.9 Å². The van der Waals surface area contributed by atoms with Gasteiger partial charge in [-0.05, 0) is 45.7 Å². The Morgan fingerprint density at radius 1 is 1.30 bits per heavy atom. The summed E-state index contributed by atoms with van der Waals surface area (Å²) in [5.74, 6) is -0.243. The minimum absolute atomic E-state index is 0.243. The summed E-state index contributed by atoms with van der Waals surface area (Å²) in [6, 6.07) is 8.48.